The molecular formula is C28H42N8O3. The Morgan fingerprint density at radius 3 is 2.31 bits per heavy atom. The van der Waals surface area contributed by atoms with Gasteiger partial charge in [0.15, 0.2) is 0 Å². The monoisotopic (exact) mass is 538 g/mol. The summed E-state index contributed by atoms with van der Waals surface area (Å²) in [5.41, 5.74) is 12.5. The molecule has 5 N–H and O–H groups in total. The molecule has 1 aromatic heterocycles. The van der Waals surface area contributed by atoms with Crippen molar-refractivity contribution in [3.63, 3.8) is 0 Å². The van der Waals surface area contributed by atoms with Crippen LogP contribution in [0.1, 0.15) is 45.6 Å². The van der Waals surface area contributed by atoms with Gasteiger partial charge in [-0.05, 0) is 77.3 Å². The zero-order valence-electron chi connectivity index (χ0n) is 23.5. The predicted octanol–water partition coefficient (Wildman–Crippen LogP) is 1.39. The molecule has 2 heterocycles. The molecule has 1 aromatic carbocycles. The Labute approximate surface area is 230 Å². The van der Waals surface area contributed by atoms with Crippen molar-refractivity contribution >= 4 is 17.8 Å². The van der Waals surface area contributed by atoms with Crippen LogP contribution in [-0.2, 0) is 11.2 Å². The Balaban J connectivity index is 1.32. The summed E-state index contributed by atoms with van der Waals surface area (Å²) in [6.45, 7) is 7.14. The van der Waals surface area contributed by atoms with Crippen molar-refractivity contribution in [2.75, 3.05) is 38.5 Å². The number of carbonyl (C=O) groups is 2. The number of hydrogen-bond acceptors (Lipinski definition) is 7. The van der Waals surface area contributed by atoms with Gasteiger partial charge in [-0.25, -0.2) is 9.59 Å². The summed E-state index contributed by atoms with van der Waals surface area (Å²) in [5.74, 6) is 0.0416. The van der Waals surface area contributed by atoms with E-state index in [0.717, 1.165) is 25.7 Å². The number of piperazine rings is 1. The van der Waals surface area contributed by atoms with Gasteiger partial charge in [-0.1, -0.05) is 12.1 Å². The topological polar surface area (TPSA) is 143 Å². The van der Waals surface area contributed by atoms with Crippen molar-refractivity contribution in [2.24, 2.45) is 11.5 Å². The second-order valence-electron chi connectivity index (χ2n) is 11.5. The highest BCUT2D eigenvalue weighted by molar-refractivity contribution is 5.89. The number of aromatic nitrogens is 2. The fourth-order valence-corrected chi connectivity index (χ4v) is 5.38. The Bertz CT molecular complexity index is 1210. The molecule has 1 saturated carbocycles. The fourth-order valence-electron chi connectivity index (χ4n) is 5.38. The fraction of sp³-hybridized carbons (Fsp3) is 0.571. The highest BCUT2D eigenvalue weighted by Gasteiger charge is 2.31. The number of amides is 3. The van der Waals surface area contributed by atoms with Gasteiger partial charge in [0.1, 0.15) is 5.82 Å². The molecule has 0 spiro atoms. The van der Waals surface area contributed by atoms with Crippen molar-refractivity contribution in [3.8, 4) is 5.69 Å². The van der Waals surface area contributed by atoms with Crippen molar-refractivity contribution in [2.45, 2.75) is 70.1 Å². The number of nitrogens with one attached hydrogen (secondary N) is 1. The lowest BCUT2D eigenvalue weighted by atomic mass is 10.0. The van der Waals surface area contributed by atoms with Gasteiger partial charge >= 0.3 is 11.7 Å². The third-order valence-electron chi connectivity index (χ3n) is 7.91. The number of urea groups is 1. The zero-order chi connectivity index (χ0) is 28.3. The largest absolute Gasteiger partial charge is 0.354 e. The minimum atomic E-state index is -0.947. The van der Waals surface area contributed by atoms with Crippen LogP contribution in [0, 0.1) is 0 Å². The quantitative estimate of drug-likeness (QED) is 0.483. The highest BCUT2D eigenvalue weighted by atomic mass is 16.2. The summed E-state index contributed by atoms with van der Waals surface area (Å²) < 4.78 is 1.45. The molecule has 212 valence electrons. The van der Waals surface area contributed by atoms with Crippen LogP contribution in [-0.4, -0.2) is 93.1 Å². The molecule has 2 fully saturated rings. The molecule has 1 saturated heterocycles. The van der Waals surface area contributed by atoms with E-state index in [9.17, 15) is 14.4 Å². The van der Waals surface area contributed by atoms with Crippen LogP contribution in [0.25, 0.3) is 5.69 Å². The van der Waals surface area contributed by atoms with Gasteiger partial charge in [-0.15, -0.1) is 0 Å². The summed E-state index contributed by atoms with van der Waals surface area (Å²) >= 11 is 0. The second-order valence-corrected chi connectivity index (χ2v) is 11.5. The minimum absolute atomic E-state index is 0.142. The number of nitrogens with zero attached hydrogens (tertiary/aromatic N) is 5. The lowest BCUT2D eigenvalue weighted by Gasteiger charge is -2.37. The van der Waals surface area contributed by atoms with Crippen molar-refractivity contribution in [1.29, 1.82) is 0 Å². The Morgan fingerprint density at radius 2 is 1.74 bits per heavy atom. The van der Waals surface area contributed by atoms with E-state index in [1.54, 1.807) is 35.9 Å². The van der Waals surface area contributed by atoms with Gasteiger partial charge in [-0.3, -0.25) is 14.7 Å². The summed E-state index contributed by atoms with van der Waals surface area (Å²) in [6.07, 6.45) is 5.82. The first kappa shape index (κ1) is 28.7. The maximum absolute atomic E-state index is 12.7. The molecular weight excluding hydrogens is 496 g/mol. The molecule has 11 heteroatoms. The van der Waals surface area contributed by atoms with Crippen molar-refractivity contribution < 1.29 is 9.59 Å². The van der Waals surface area contributed by atoms with Crippen LogP contribution in [0.5, 0.6) is 0 Å². The predicted molar refractivity (Wildman–Crippen MR) is 152 cm³/mol. The SMILES string of the molecule is CC(Cc1ccc(-n2ccc(NC(=O)N3CCN(C(=O)C(C)(C)N)CC3)nc2=O)cc1)N(C)C1CC[C@@H](N)C1. The molecule has 1 aliphatic heterocycles. The molecule has 3 amide bonds. The third kappa shape index (κ3) is 7.03. The second kappa shape index (κ2) is 11.8. The number of carbonyl (C=O) groups excluding carboxylic acids is 2. The van der Waals surface area contributed by atoms with Gasteiger partial charge in [0, 0.05) is 50.5 Å². The van der Waals surface area contributed by atoms with Crippen molar-refractivity contribution in [3.05, 3.63) is 52.6 Å². The first-order valence-corrected chi connectivity index (χ1v) is 13.7. The third-order valence-corrected chi connectivity index (χ3v) is 7.91. The highest BCUT2D eigenvalue weighted by Crippen LogP contribution is 2.24. The van der Waals surface area contributed by atoms with Gasteiger partial charge in [0.05, 0.1) is 11.2 Å². The van der Waals surface area contributed by atoms with Crippen LogP contribution in [0.15, 0.2) is 41.3 Å². The van der Waals surface area contributed by atoms with Gasteiger partial charge < -0.3 is 26.2 Å². The molecule has 3 atom stereocenters. The summed E-state index contributed by atoms with van der Waals surface area (Å²) in [7, 11) is 2.18. The number of benzene rings is 1. The van der Waals surface area contributed by atoms with E-state index in [1.165, 1.54) is 10.1 Å². The molecule has 0 bridgehead atoms. The molecule has 2 unspecified atom stereocenters. The Hall–Kier alpha value is -3.28. The van der Waals surface area contributed by atoms with Gasteiger partial charge in [0.2, 0.25) is 5.91 Å². The Morgan fingerprint density at radius 1 is 1.10 bits per heavy atom. The number of anilines is 1. The van der Waals surface area contributed by atoms with Gasteiger partial charge in [0.25, 0.3) is 0 Å². The minimum Gasteiger partial charge on any atom is -0.338 e. The number of likely N-dealkylation sites (N-methyl/N-ethyl adjacent to an activating group) is 1. The maximum atomic E-state index is 12.7. The van der Waals surface area contributed by atoms with Crippen LogP contribution in [0.2, 0.25) is 0 Å². The molecule has 39 heavy (non-hydrogen) atoms. The standard InChI is InChI=1S/C28H42N8O3/c1-19(33(4)23-10-7-21(29)18-23)17-20-5-8-22(9-6-20)36-12-11-24(32-27(36)39)31-26(38)35-15-13-34(14-16-35)25(37)28(2,3)30/h5-6,8-9,11-12,19,21,23H,7,10,13-18,29-30H2,1-4H3,(H,31,32,38,39)/t19?,21-,23?/m1/s1. The van der Waals surface area contributed by atoms with E-state index in [0.29, 0.717) is 50.0 Å². The summed E-state index contributed by atoms with van der Waals surface area (Å²) in [6, 6.07) is 10.4. The average Bonchev–Trinajstić information content (AvgIpc) is 3.34. The molecule has 2 aliphatic rings. The van der Waals surface area contributed by atoms with E-state index in [4.69, 9.17) is 11.5 Å². The van der Waals surface area contributed by atoms with E-state index in [2.05, 4.69) is 29.2 Å². The first-order chi connectivity index (χ1) is 18.4. The average molecular weight is 539 g/mol. The van der Waals surface area contributed by atoms with E-state index >= 15 is 0 Å². The summed E-state index contributed by atoms with van der Waals surface area (Å²) in [4.78, 5) is 47.6. The van der Waals surface area contributed by atoms with Crippen LogP contribution in [0.4, 0.5) is 10.6 Å². The molecule has 1 aliphatic carbocycles. The Kier molecular flexibility index (Phi) is 8.73. The lowest BCUT2D eigenvalue weighted by Crippen LogP contribution is -2.58. The molecule has 0 radical (unpaired) electrons. The van der Waals surface area contributed by atoms with Crippen LogP contribution in [0.3, 0.4) is 0 Å². The van der Waals surface area contributed by atoms with Crippen LogP contribution < -0.4 is 22.5 Å². The number of hydrogen-bond donors (Lipinski definition) is 3. The summed E-state index contributed by atoms with van der Waals surface area (Å²) in [5, 5.41) is 2.69. The number of rotatable bonds is 7. The first-order valence-electron chi connectivity index (χ1n) is 13.7. The molecule has 2 aromatic rings. The zero-order valence-corrected chi connectivity index (χ0v) is 23.5. The number of nitrogens with two attached hydrogens (primary N) is 2. The molecule has 4 rings (SSSR count). The van der Waals surface area contributed by atoms with E-state index < -0.39 is 11.2 Å². The van der Waals surface area contributed by atoms with E-state index in [1.807, 2.05) is 24.3 Å². The lowest BCUT2D eigenvalue weighted by molar-refractivity contribution is -0.137. The molecule has 11 nitrogen and oxygen atoms in total. The normalized spacial score (nSPS) is 20.8. The van der Waals surface area contributed by atoms with Crippen molar-refractivity contribution in [1.82, 2.24) is 24.3 Å². The maximum Gasteiger partial charge on any atom is 0.354 e. The smallest absolute Gasteiger partial charge is 0.338 e. The van der Waals surface area contributed by atoms with Gasteiger partial charge in [-0.2, -0.15) is 4.98 Å². The van der Waals surface area contributed by atoms with Crippen LogP contribution >= 0.6 is 0 Å². The van der Waals surface area contributed by atoms with E-state index in [-0.39, 0.29) is 17.8 Å².